The van der Waals surface area contributed by atoms with Crippen molar-refractivity contribution in [2.24, 2.45) is 0 Å². The Morgan fingerprint density at radius 1 is 1.25 bits per heavy atom. The quantitative estimate of drug-likeness (QED) is 0.718. The number of amides is 1. The van der Waals surface area contributed by atoms with E-state index >= 15 is 0 Å². The van der Waals surface area contributed by atoms with E-state index in [4.69, 9.17) is 0 Å². The normalized spacial score (nSPS) is 10.5. The van der Waals surface area contributed by atoms with Crippen LogP contribution in [0, 0.1) is 13.8 Å². The minimum absolute atomic E-state index is 0.0810. The zero-order chi connectivity index (χ0) is 17.5. The number of anilines is 2. The van der Waals surface area contributed by atoms with Gasteiger partial charge in [-0.3, -0.25) is 4.79 Å². The third-order valence-electron chi connectivity index (χ3n) is 3.58. The number of hydrogen-bond acceptors (Lipinski definition) is 6. The zero-order valence-electron chi connectivity index (χ0n) is 14.7. The zero-order valence-corrected chi connectivity index (χ0v) is 15.5. The fourth-order valence-electron chi connectivity index (χ4n) is 2.24. The van der Waals surface area contributed by atoms with Crippen LogP contribution in [0.2, 0.25) is 0 Å². The van der Waals surface area contributed by atoms with Gasteiger partial charge in [0.05, 0.1) is 0 Å². The van der Waals surface area contributed by atoms with Crippen molar-refractivity contribution in [2.75, 3.05) is 37.4 Å². The molecule has 130 valence electrons. The first-order valence-corrected chi connectivity index (χ1v) is 8.90. The molecule has 0 radical (unpaired) electrons. The lowest BCUT2D eigenvalue weighted by Crippen LogP contribution is -2.29. The number of carbonyl (C=O) groups is 1. The van der Waals surface area contributed by atoms with Crippen molar-refractivity contribution < 1.29 is 4.79 Å². The fraction of sp³-hybridized carbons (Fsp3) is 0.471. The van der Waals surface area contributed by atoms with Gasteiger partial charge in [0.25, 0.3) is 0 Å². The van der Waals surface area contributed by atoms with Crippen LogP contribution in [0.1, 0.15) is 22.7 Å². The Morgan fingerprint density at radius 2 is 2.04 bits per heavy atom. The minimum atomic E-state index is 0.0810. The van der Waals surface area contributed by atoms with Gasteiger partial charge in [-0.15, -0.1) is 11.3 Å². The van der Waals surface area contributed by atoms with Gasteiger partial charge < -0.3 is 15.5 Å². The molecule has 7 heteroatoms. The largest absolute Gasteiger partial charge is 0.368 e. The van der Waals surface area contributed by atoms with Crippen molar-refractivity contribution in [3.8, 4) is 0 Å². The Balaban J connectivity index is 1.71. The van der Waals surface area contributed by atoms with Crippen LogP contribution >= 0.6 is 11.3 Å². The predicted octanol–water partition coefficient (Wildman–Crippen LogP) is 2.38. The molecule has 0 aliphatic carbocycles. The van der Waals surface area contributed by atoms with E-state index in [-0.39, 0.29) is 5.91 Å². The van der Waals surface area contributed by atoms with Crippen molar-refractivity contribution in [3.63, 3.8) is 0 Å². The summed E-state index contributed by atoms with van der Waals surface area (Å²) in [6.45, 7) is 5.15. The lowest BCUT2D eigenvalue weighted by Gasteiger charge is -2.14. The smallest absolute Gasteiger partial charge is 0.220 e. The Kier molecular flexibility index (Phi) is 6.54. The van der Waals surface area contributed by atoms with Gasteiger partial charge in [0, 0.05) is 44.5 Å². The number of aryl methyl sites for hydroxylation is 3. The van der Waals surface area contributed by atoms with Gasteiger partial charge >= 0.3 is 0 Å². The molecule has 0 atom stereocenters. The summed E-state index contributed by atoms with van der Waals surface area (Å²) in [6, 6.07) is 3.99. The van der Waals surface area contributed by atoms with E-state index in [9.17, 15) is 4.79 Å². The standard InChI is InChI=1S/C17H25N5OS/c1-12-7-10-24-14(12)5-6-17(23)19-9-8-18-15-11-16(22(3)4)21-13(2)20-15/h7,10-11H,5-6,8-9H2,1-4H3,(H,19,23)(H,18,20,21). The number of nitrogens with zero attached hydrogens (tertiary/aromatic N) is 3. The van der Waals surface area contributed by atoms with Gasteiger partial charge in [-0.1, -0.05) is 0 Å². The molecule has 2 aromatic heterocycles. The fourth-order valence-corrected chi connectivity index (χ4v) is 3.15. The highest BCUT2D eigenvalue weighted by Gasteiger charge is 2.06. The van der Waals surface area contributed by atoms with Crippen molar-refractivity contribution in [1.29, 1.82) is 0 Å². The van der Waals surface area contributed by atoms with E-state index in [0.29, 0.717) is 19.5 Å². The number of rotatable bonds is 8. The second-order valence-electron chi connectivity index (χ2n) is 5.86. The first-order valence-electron chi connectivity index (χ1n) is 8.02. The van der Waals surface area contributed by atoms with E-state index in [1.807, 2.05) is 32.0 Å². The van der Waals surface area contributed by atoms with Gasteiger partial charge in [-0.2, -0.15) is 0 Å². The molecule has 0 aliphatic rings. The third kappa shape index (κ3) is 5.49. The summed E-state index contributed by atoms with van der Waals surface area (Å²) < 4.78 is 0. The lowest BCUT2D eigenvalue weighted by molar-refractivity contribution is -0.120. The van der Waals surface area contributed by atoms with E-state index < -0.39 is 0 Å². The van der Waals surface area contributed by atoms with Crippen molar-refractivity contribution in [1.82, 2.24) is 15.3 Å². The van der Waals surface area contributed by atoms with Crippen LogP contribution in [0.15, 0.2) is 17.5 Å². The van der Waals surface area contributed by atoms with Crippen LogP contribution in [0.3, 0.4) is 0 Å². The average molecular weight is 347 g/mol. The lowest BCUT2D eigenvalue weighted by atomic mass is 10.2. The highest BCUT2D eigenvalue weighted by molar-refractivity contribution is 7.10. The van der Waals surface area contributed by atoms with Crippen molar-refractivity contribution in [2.45, 2.75) is 26.7 Å². The van der Waals surface area contributed by atoms with Gasteiger partial charge in [0.15, 0.2) is 0 Å². The molecule has 0 unspecified atom stereocenters. The van der Waals surface area contributed by atoms with Crippen LogP contribution in [-0.4, -0.2) is 43.1 Å². The topological polar surface area (TPSA) is 70.2 Å². The van der Waals surface area contributed by atoms with Gasteiger partial charge in [0.2, 0.25) is 5.91 Å². The Morgan fingerprint density at radius 3 is 2.71 bits per heavy atom. The van der Waals surface area contributed by atoms with Crippen LogP contribution in [0.5, 0.6) is 0 Å². The molecular formula is C17H25N5OS. The second-order valence-corrected chi connectivity index (χ2v) is 6.86. The Hall–Kier alpha value is -2.15. The predicted molar refractivity (Wildman–Crippen MR) is 100.0 cm³/mol. The molecule has 24 heavy (non-hydrogen) atoms. The molecule has 0 spiro atoms. The summed E-state index contributed by atoms with van der Waals surface area (Å²) in [5, 5.41) is 8.23. The average Bonchev–Trinajstić information content (AvgIpc) is 2.94. The third-order valence-corrected chi connectivity index (χ3v) is 4.67. The Bertz CT molecular complexity index is 683. The van der Waals surface area contributed by atoms with Gasteiger partial charge in [-0.25, -0.2) is 9.97 Å². The number of carbonyl (C=O) groups excluding carboxylic acids is 1. The maximum Gasteiger partial charge on any atom is 0.220 e. The van der Waals surface area contributed by atoms with Crippen LogP contribution in [0.4, 0.5) is 11.6 Å². The first kappa shape index (κ1) is 18.2. The molecule has 0 bridgehead atoms. The number of nitrogens with one attached hydrogen (secondary N) is 2. The molecule has 1 amide bonds. The second kappa shape index (κ2) is 8.63. The number of aromatic nitrogens is 2. The summed E-state index contributed by atoms with van der Waals surface area (Å²) in [4.78, 5) is 23.8. The van der Waals surface area contributed by atoms with E-state index in [0.717, 1.165) is 23.9 Å². The van der Waals surface area contributed by atoms with Gasteiger partial charge in [0.1, 0.15) is 17.5 Å². The maximum absolute atomic E-state index is 11.9. The van der Waals surface area contributed by atoms with Crippen LogP contribution < -0.4 is 15.5 Å². The van der Waals surface area contributed by atoms with E-state index in [1.54, 1.807) is 11.3 Å². The summed E-state index contributed by atoms with van der Waals surface area (Å²) >= 11 is 1.71. The van der Waals surface area contributed by atoms with Crippen LogP contribution in [-0.2, 0) is 11.2 Å². The molecule has 0 saturated heterocycles. The minimum Gasteiger partial charge on any atom is -0.368 e. The molecule has 2 aromatic rings. The summed E-state index contributed by atoms with van der Waals surface area (Å²) in [6.07, 6.45) is 1.33. The highest BCUT2D eigenvalue weighted by atomic mass is 32.1. The SMILES string of the molecule is Cc1nc(NCCNC(=O)CCc2sccc2C)cc(N(C)C)n1. The number of hydrogen-bond donors (Lipinski definition) is 2. The molecule has 2 rings (SSSR count). The summed E-state index contributed by atoms with van der Waals surface area (Å²) in [5.41, 5.74) is 1.27. The summed E-state index contributed by atoms with van der Waals surface area (Å²) in [5.74, 6) is 2.44. The van der Waals surface area contributed by atoms with Crippen molar-refractivity contribution >= 4 is 28.9 Å². The molecule has 2 N–H and O–H groups in total. The molecule has 0 aliphatic heterocycles. The molecule has 2 heterocycles. The van der Waals surface area contributed by atoms with E-state index in [2.05, 4.69) is 39.0 Å². The number of thiophene rings is 1. The first-order chi connectivity index (χ1) is 11.5. The Labute approximate surface area is 147 Å². The molecule has 0 aromatic carbocycles. The molecule has 6 nitrogen and oxygen atoms in total. The highest BCUT2D eigenvalue weighted by Crippen LogP contribution is 2.17. The molecule has 0 fully saturated rings. The maximum atomic E-state index is 11.9. The van der Waals surface area contributed by atoms with Crippen LogP contribution in [0.25, 0.3) is 0 Å². The monoisotopic (exact) mass is 347 g/mol. The summed E-state index contributed by atoms with van der Waals surface area (Å²) in [7, 11) is 3.89. The van der Waals surface area contributed by atoms with E-state index in [1.165, 1.54) is 10.4 Å². The van der Waals surface area contributed by atoms with Crippen molar-refractivity contribution in [3.05, 3.63) is 33.8 Å². The molecule has 0 saturated carbocycles. The molecular weight excluding hydrogens is 322 g/mol. The van der Waals surface area contributed by atoms with Gasteiger partial charge in [-0.05, 0) is 37.3 Å².